The van der Waals surface area contributed by atoms with Gasteiger partial charge in [-0.2, -0.15) is 0 Å². The number of hydrogen-bond acceptors (Lipinski definition) is 4. The maximum Gasteiger partial charge on any atom is 0.275 e. The van der Waals surface area contributed by atoms with Crippen LogP contribution in [0.5, 0.6) is 0 Å². The molecular weight excluding hydrogens is 220 g/mol. The minimum atomic E-state index is -0.932. The van der Waals surface area contributed by atoms with Gasteiger partial charge in [0.1, 0.15) is 5.69 Å². The van der Waals surface area contributed by atoms with E-state index in [1.165, 1.54) is 4.90 Å². The SMILES string of the molecule is NC1CN(c2c(F)cc([N+](=O)[O-])cc2F)C1. The number of nitro groups is 1. The molecule has 1 saturated heterocycles. The number of nitrogens with zero attached hydrogens (tertiary/aromatic N) is 2. The summed E-state index contributed by atoms with van der Waals surface area (Å²) in [5.74, 6) is -1.86. The Kier molecular flexibility index (Phi) is 2.47. The Bertz CT molecular complexity index is 423. The van der Waals surface area contributed by atoms with Gasteiger partial charge in [0.25, 0.3) is 5.69 Å². The summed E-state index contributed by atoms with van der Waals surface area (Å²) in [6.07, 6.45) is 0. The minimum Gasteiger partial charge on any atom is -0.364 e. The van der Waals surface area contributed by atoms with Crippen LogP contribution in [0.4, 0.5) is 20.2 Å². The van der Waals surface area contributed by atoms with Gasteiger partial charge in [0.2, 0.25) is 0 Å². The van der Waals surface area contributed by atoms with Crippen LogP contribution in [0, 0.1) is 21.7 Å². The highest BCUT2D eigenvalue weighted by atomic mass is 19.1. The molecule has 1 heterocycles. The first-order valence-corrected chi connectivity index (χ1v) is 4.63. The lowest BCUT2D eigenvalue weighted by Gasteiger charge is -2.38. The van der Waals surface area contributed by atoms with E-state index in [0.717, 1.165) is 0 Å². The molecule has 1 aliphatic heterocycles. The molecule has 0 radical (unpaired) electrons. The van der Waals surface area contributed by atoms with Gasteiger partial charge in [0.15, 0.2) is 11.6 Å². The molecule has 1 aromatic carbocycles. The normalized spacial score (nSPS) is 16.1. The van der Waals surface area contributed by atoms with Crippen molar-refractivity contribution in [1.29, 1.82) is 0 Å². The van der Waals surface area contributed by atoms with E-state index in [9.17, 15) is 18.9 Å². The number of non-ortho nitro benzene ring substituents is 1. The van der Waals surface area contributed by atoms with Crippen LogP contribution in [0.2, 0.25) is 0 Å². The van der Waals surface area contributed by atoms with Gasteiger partial charge in [-0.3, -0.25) is 10.1 Å². The number of nitro benzene ring substituents is 1. The quantitative estimate of drug-likeness (QED) is 0.607. The number of hydrogen-bond donors (Lipinski definition) is 1. The minimum absolute atomic E-state index is 0.103. The largest absolute Gasteiger partial charge is 0.364 e. The summed E-state index contributed by atoms with van der Waals surface area (Å²) in [6, 6.07) is 1.32. The van der Waals surface area contributed by atoms with Gasteiger partial charge < -0.3 is 10.6 Å². The molecule has 0 bridgehead atoms. The maximum absolute atomic E-state index is 13.4. The molecule has 5 nitrogen and oxygen atoms in total. The second kappa shape index (κ2) is 3.67. The Morgan fingerprint density at radius 3 is 2.25 bits per heavy atom. The fourth-order valence-electron chi connectivity index (χ4n) is 1.65. The van der Waals surface area contributed by atoms with Crippen LogP contribution in [-0.4, -0.2) is 24.1 Å². The monoisotopic (exact) mass is 229 g/mol. The third-order valence-corrected chi connectivity index (χ3v) is 2.44. The van der Waals surface area contributed by atoms with Crippen molar-refractivity contribution in [2.45, 2.75) is 6.04 Å². The van der Waals surface area contributed by atoms with E-state index in [1.54, 1.807) is 0 Å². The Morgan fingerprint density at radius 1 is 1.38 bits per heavy atom. The van der Waals surface area contributed by atoms with Gasteiger partial charge >= 0.3 is 0 Å². The van der Waals surface area contributed by atoms with Gasteiger partial charge in [0.05, 0.1) is 17.1 Å². The second-order valence-electron chi connectivity index (χ2n) is 3.68. The van der Waals surface area contributed by atoms with Crippen LogP contribution < -0.4 is 10.6 Å². The molecule has 2 N–H and O–H groups in total. The van der Waals surface area contributed by atoms with Crippen LogP contribution in [0.1, 0.15) is 0 Å². The fourth-order valence-corrected chi connectivity index (χ4v) is 1.65. The summed E-state index contributed by atoms with van der Waals surface area (Å²) < 4.78 is 26.9. The molecule has 1 aliphatic rings. The van der Waals surface area contributed by atoms with Crippen molar-refractivity contribution in [3.8, 4) is 0 Å². The zero-order valence-electron chi connectivity index (χ0n) is 8.19. The molecule has 0 aromatic heterocycles. The van der Waals surface area contributed by atoms with Gasteiger partial charge in [-0.1, -0.05) is 0 Å². The molecule has 0 unspecified atom stereocenters. The third kappa shape index (κ3) is 1.69. The van der Waals surface area contributed by atoms with E-state index in [4.69, 9.17) is 5.73 Å². The summed E-state index contributed by atoms with van der Waals surface area (Å²) in [4.78, 5) is 10.9. The lowest BCUT2D eigenvalue weighted by atomic mass is 10.1. The molecule has 2 rings (SSSR count). The second-order valence-corrected chi connectivity index (χ2v) is 3.68. The summed E-state index contributed by atoms with van der Waals surface area (Å²) >= 11 is 0. The predicted molar refractivity (Wildman–Crippen MR) is 53.2 cm³/mol. The molecule has 0 spiro atoms. The highest BCUT2D eigenvalue weighted by Crippen LogP contribution is 2.30. The summed E-state index contributed by atoms with van der Waals surface area (Å²) in [7, 11) is 0. The van der Waals surface area contributed by atoms with E-state index in [1.807, 2.05) is 0 Å². The average molecular weight is 229 g/mol. The van der Waals surface area contributed by atoms with Crippen molar-refractivity contribution in [2.75, 3.05) is 18.0 Å². The Labute approximate surface area is 89.6 Å². The van der Waals surface area contributed by atoms with Crippen molar-refractivity contribution in [3.05, 3.63) is 33.9 Å². The molecule has 0 amide bonds. The zero-order chi connectivity index (χ0) is 11.9. The third-order valence-electron chi connectivity index (χ3n) is 2.44. The molecule has 0 aliphatic carbocycles. The zero-order valence-corrected chi connectivity index (χ0v) is 8.19. The first-order chi connectivity index (χ1) is 7.49. The summed E-state index contributed by atoms with van der Waals surface area (Å²) in [5.41, 5.74) is 4.65. The van der Waals surface area contributed by atoms with Crippen molar-refractivity contribution in [2.24, 2.45) is 5.73 Å². The summed E-state index contributed by atoms with van der Waals surface area (Å²) in [5, 5.41) is 10.4. The van der Waals surface area contributed by atoms with Crippen LogP contribution in [0.3, 0.4) is 0 Å². The van der Waals surface area contributed by atoms with Gasteiger partial charge in [0, 0.05) is 19.1 Å². The highest BCUT2D eigenvalue weighted by molar-refractivity contribution is 5.55. The van der Waals surface area contributed by atoms with Crippen LogP contribution in [-0.2, 0) is 0 Å². The van der Waals surface area contributed by atoms with Crippen molar-refractivity contribution >= 4 is 11.4 Å². The average Bonchev–Trinajstić information content (AvgIpc) is 2.13. The fraction of sp³-hybridized carbons (Fsp3) is 0.333. The molecule has 0 atom stereocenters. The molecule has 1 fully saturated rings. The standard InChI is InChI=1S/C9H9F2N3O2/c10-7-1-6(14(15)16)2-8(11)9(7)13-3-5(12)4-13/h1-2,5H,3-4,12H2. The number of halogens is 2. The molecular formula is C9H9F2N3O2. The number of anilines is 1. The Hall–Kier alpha value is -1.76. The Morgan fingerprint density at radius 2 is 1.88 bits per heavy atom. The van der Waals surface area contributed by atoms with Gasteiger partial charge in [-0.25, -0.2) is 8.78 Å². The molecule has 0 saturated carbocycles. The number of rotatable bonds is 2. The molecule has 7 heteroatoms. The van der Waals surface area contributed by atoms with E-state index >= 15 is 0 Å². The van der Waals surface area contributed by atoms with Crippen LogP contribution in [0.15, 0.2) is 12.1 Å². The van der Waals surface area contributed by atoms with Crippen LogP contribution >= 0.6 is 0 Å². The topological polar surface area (TPSA) is 72.4 Å². The van der Waals surface area contributed by atoms with Gasteiger partial charge in [-0.05, 0) is 0 Å². The van der Waals surface area contributed by atoms with Crippen molar-refractivity contribution < 1.29 is 13.7 Å². The smallest absolute Gasteiger partial charge is 0.275 e. The molecule has 86 valence electrons. The predicted octanol–water partition coefficient (Wildman–Crippen LogP) is 1.02. The lowest BCUT2D eigenvalue weighted by Crippen LogP contribution is -2.56. The van der Waals surface area contributed by atoms with E-state index in [2.05, 4.69) is 0 Å². The van der Waals surface area contributed by atoms with Gasteiger partial charge in [-0.15, -0.1) is 0 Å². The number of nitrogens with two attached hydrogens (primary N) is 1. The molecule has 16 heavy (non-hydrogen) atoms. The first kappa shape index (κ1) is 10.7. The van der Waals surface area contributed by atoms with E-state index in [-0.39, 0.29) is 11.7 Å². The highest BCUT2D eigenvalue weighted by Gasteiger charge is 2.29. The summed E-state index contributed by atoms with van der Waals surface area (Å²) in [6.45, 7) is 0.706. The molecule has 1 aromatic rings. The lowest BCUT2D eigenvalue weighted by molar-refractivity contribution is -0.385. The number of benzene rings is 1. The van der Waals surface area contributed by atoms with Crippen molar-refractivity contribution in [1.82, 2.24) is 0 Å². The van der Waals surface area contributed by atoms with Crippen molar-refractivity contribution in [3.63, 3.8) is 0 Å². The first-order valence-electron chi connectivity index (χ1n) is 4.63. The maximum atomic E-state index is 13.4. The van der Waals surface area contributed by atoms with E-state index in [0.29, 0.717) is 25.2 Å². The van der Waals surface area contributed by atoms with Crippen LogP contribution in [0.25, 0.3) is 0 Å². The van der Waals surface area contributed by atoms with E-state index < -0.39 is 22.2 Å². The Balaban J connectivity index is 2.36.